The second-order valence-corrected chi connectivity index (χ2v) is 18.8. The summed E-state index contributed by atoms with van der Waals surface area (Å²) in [5.74, 6) is 0.943. The van der Waals surface area contributed by atoms with Gasteiger partial charge in [0.2, 0.25) is 11.8 Å². The summed E-state index contributed by atoms with van der Waals surface area (Å²) in [6, 6.07) is 9.85. The van der Waals surface area contributed by atoms with Crippen molar-refractivity contribution >= 4 is 61.2 Å². The molecule has 0 radical (unpaired) electrons. The minimum atomic E-state index is -4.91. The second-order valence-electron chi connectivity index (χ2n) is 17.1. The van der Waals surface area contributed by atoms with Crippen LogP contribution in [0.5, 0.6) is 0 Å². The molecular weight excluding hydrogens is 1050 g/mol. The normalized spacial score (nSPS) is 19.3. The molecule has 7 rings (SSSR count). The summed E-state index contributed by atoms with van der Waals surface area (Å²) < 4.78 is 105. The first kappa shape index (κ1) is 51.5. The van der Waals surface area contributed by atoms with Gasteiger partial charge in [-0.25, -0.2) is 33.0 Å². The summed E-state index contributed by atoms with van der Waals surface area (Å²) in [5.41, 5.74) is -0.927. The fourth-order valence-corrected chi connectivity index (χ4v) is 9.23. The number of carbonyl (C=O) groups is 3. The van der Waals surface area contributed by atoms with Gasteiger partial charge in [0, 0.05) is 79.9 Å². The van der Waals surface area contributed by atoms with Crippen LogP contribution in [0.4, 0.5) is 51.7 Å². The number of hydrogen-bond donors (Lipinski definition) is 1. The Morgan fingerprint density at radius 3 is 1.96 bits per heavy atom. The van der Waals surface area contributed by atoms with Crippen LogP contribution in [0.3, 0.4) is 0 Å². The highest BCUT2D eigenvalue weighted by molar-refractivity contribution is 9.10. The van der Waals surface area contributed by atoms with Gasteiger partial charge < -0.3 is 19.1 Å². The Morgan fingerprint density at radius 1 is 0.797 bits per heavy atom. The Balaban J connectivity index is 1.06. The number of allylic oxidation sites excluding steroid dienone is 1. The van der Waals surface area contributed by atoms with E-state index < -0.39 is 71.2 Å². The van der Waals surface area contributed by atoms with Gasteiger partial charge >= 0.3 is 24.1 Å². The van der Waals surface area contributed by atoms with Crippen molar-refractivity contribution in [1.29, 1.82) is 0 Å². The largest absolute Gasteiger partial charge is 0.470 e. The fourth-order valence-electron chi connectivity index (χ4n) is 8.49. The van der Waals surface area contributed by atoms with Crippen LogP contribution in [0, 0.1) is 22.9 Å². The zero-order valence-corrected chi connectivity index (χ0v) is 40.9. The molecule has 0 spiro atoms. The average Bonchev–Trinajstić information content (AvgIpc) is 3.84. The van der Waals surface area contributed by atoms with Gasteiger partial charge in [0.15, 0.2) is 0 Å². The lowest BCUT2D eigenvalue weighted by atomic mass is 9.80. The molecule has 2 N–H and O–H groups in total. The van der Waals surface area contributed by atoms with Crippen LogP contribution in [0.2, 0.25) is 0 Å². The number of hydrazine groups is 1. The van der Waals surface area contributed by atoms with E-state index in [-0.39, 0.29) is 70.0 Å². The first-order valence-electron chi connectivity index (χ1n) is 22.0. The zero-order chi connectivity index (χ0) is 49.9. The van der Waals surface area contributed by atoms with Crippen molar-refractivity contribution in [2.75, 3.05) is 81.8 Å². The van der Waals surface area contributed by atoms with Crippen LogP contribution in [0.25, 0.3) is 11.5 Å². The molecule has 3 aliphatic rings. The number of likely N-dealkylation sites (N-methyl/N-ethyl adjacent to an activating group) is 2. The first-order valence-corrected chi connectivity index (χ1v) is 23.6. The molecule has 0 saturated carbocycles. The van der Waals surface area contributed by atoms with E-state index in [1.165, 1.54) is 63.2 Å². The fraction of sp³-hybridized carbons (Fsp3) is 0.413. The number of carbonyl (C=O) groups excluding carboxylic acids is 3. The summed E-state index contributed by atoms with van der Waals surface area (Å²) in [7, 11) is 0. The van der Waals surface area contributed by atoms with Crippen molar-refractivity contribution in [3.05, 3.63) is 116 Å². The lowest BCUT2D eigenvalue weighted by molar-refractivity contribution is -0.157. The number of aromatic nitrogens is 2. The van der Waals surface area contributed by atoms with Gasteiger partial charge in [-0.1, -0.05) is 26.0 Å². The highest BCUT2D eigenvalue weighted by Gasteiger charge is 2.41. The van der Waals surface area contributed by atoms with E-state index in [0.717, 1.165) is 23.7 Å². The van der Waals surface area contributed by atoms with E-state index in [0.29, 0.717) is 45.0 Å². The van der Waals surface area contributed by atoms with Crippen LogP contribution in [-0.2, 0) is 17.5 Å². The van der Waals surface area contributed by atoms with Gasteiger partial charge in [-0.2, -0.15) is 13.2 Å². The number of anilines is 2. The standard InChI is InChI=1S/C46H49Br2F7N10O4/c1-4-59-14-16-61(17-15-59)43(67)63(31-8-10-36(49)34(47)21-31)25-30-12-13-45(3,23-39(30)52)42(66)65(56)27-33-26-62(19-18-60(33)5-2)44(68)64(32-9-11-37(50)35(48)22-32)24-29-7-6-28(20-38(29)51)40-57-58-41(69-40)46(53,54)55/h6-12,20-23,33H,4-5,13-19,24-27,56H2,1-3H3. The van der Waals surface area contributed by atoms with Crippen LogP contribution >= 0.6 is 31.9 Å². The molecule has 1 aliphatic carbocycles. The number of urea groups is 2. The Bertz CT molecular complexity index is 2630. The van der Waals surface area contributed by atoms with Crippen molar-refractivity contribution in [3.63, 3.8) is 0 Å². The molecule has 2 unspecified atom stereocenters. The van der Waals surface area contributed by atoms with Crippen molar-refractivity contribution in [2.24, 2.45) is 11.3 Å². The lowest BCUT2D eigenvalue weighted by Gasteiger charge is -2.44. The van der Waals surface area contributed by atoms with E-state index >= 15 is 8.78 Å². The van der Waals surface area contributed by atoms with Crippen LogP contribution < -0.4 is 15.6 Å². The Morgan fingerprint density at radius 2 is 1.41 bits per heavy atom. The number of rotatable bonds is 12. The van der Waals surface area contributed by atoms with Gasteiger partial charge in [-0.05, 0) is 113 Å². The molecule has 0 bridgehead atoms. The van der Waals surface area contributed by atoms with E-state index in [1.807, 2.05) is 18.7 Å². The second kappa shape index (κ2) is 21.3. The molecule has 3 heterocycles. The average molecular weight is 1100 g/mol. The molecule has 4 aromatic rings. The molecule has 69 heavy (non-hydrogen) atoms. The maximum absolute atomic E-state index is 16.3. The summed E-state index contributed by atoms with van der Waals surface area (Å²) in [6.45, 7) is 8.97. The summed E-state index contributed by atoms with van der Waals surface area (Å²) >= 11 is 6.34. The molecule has 23 heteroatoms. The highest BCUT2D eigenvalue weighted by Crippen LogP contribution is 2.38. The highest BCUT2D eigenvalue weighted by atomic mass is 79.9. The van der Waals surface area contributed by atoms with Crippen LogP contribution in [0.1, 0.15) is 38.6 Å². The van der Waals surface area contributed by atoms with E-state index in [2.05, 4.69) is 47.0 Å². The zero-order valence-electron chi connectivity index (χ0n) is 37.8. The van der Waals surface area contributed by atoms with Gasteiger partial charge in [-0.15, -0.1) is 10.2 Å². The number of hydrogen-bond acceptors (Lipinski definition) is 9. The lowest BCUT2D eigenvalue weighted by Crippen LogP contribution is -2.62. The quantitative estimate of drug-likeness (QED) is 0.0638. The predicted molar refractivity (Wildman–Crippen MR) is 249 cm³/mol. The molecule has 1 aromatic heterocycles. The predicted octanol–water partition coefficient (Wildman–Crippen LogP) is 8.99. The number of benzene rings is 3. The van der Waals surface area contributed by atoms with E-state index in [1.54, 1.807) is 17.9 Å². The summed E-state index contributed by atoms with van der Waals surface area (Å²) in [5, 5.41) is 7.35. The molecular formula is C46H49Br2F7N10O4. The maximum Gasteiger partial charge on any atom is 0.470 e. The molecule has 5 amide bonds. The third-order valence-corrected chi connectivity index (χ3v) is 13.8. The van der Waals surface area contributed by atoms with Crippen LogP contribution in [-0.4, -0.2) is 131 Å². The third-order valence-electron chi connectivity index (χ3n) is 12.6. The molecule has 14 nitrogen and oxygen atoms in total. The summed E-state index contributed by atoms with van der Waals surface area (Å²) in [4.78, 5) is 52.7. The number of piperazine rings is 2. The number of alkyl halides is 3. The van der Waals surface area contributed by atoms with E-state index in [9.17, 15) is 36.3 Å². The van der Waals surface area contributed by atoms with E-state index in [4.69, 9.17) is 10.3 Å². The Labute approximate surface area is 410 Å². The Kier molecular flexibility index (Phi) is 15.9. The molecule has 370 valence electrons. The Hall–Kier alpha value is -5.36. The third kappa shape index (κ3) is 11.6. The smallest absolute Gasteiger partial charge is 0.413 e. The SMILES string of the molecule is CCN1CCN(C(=O)N(CC2=CCC(C)(C(=O)N(N)CC3CN(C(=O)N(Cc4ccc(-c5nnc(C(F)(F)F)o5)cc4F)c4ccc(F)c(Br)c4)CCN3CC)C=C2F)c2ccc(F)c(Br)c2)CC1. The van der Waals surface area contributed by atoms with Gasteiger partial charge in [0.1, 0.15) is 23.3 Å². The number of halogens is 9. The van der Waals surface area contributed by atoms with Crippen molar-refractivity contribution in [1.82, 2.24) is 34.8 Å². The summed E-state index contributed by atoms with van der Waals surface area (Å²) in [6.07, 6.45) is -2.13. The monoisotopic (exact) mass is 1100 g/mol. The first-order chi connectivity index (χ1) is 32.7. The molecule has 2 saturated heterocycles. The van der Waals surface area contributed by atoms with Crippen molar-refractivity contribution in [3.8, 4) is 11.5 Å². The minimum Gasteiger partial charge on any atom is -0.413 e. The molecule has 2 aliphatic heterocycles. The van der Waals surface area contributed by atoms with Crippen molar-refractivity contribution < 1.29 is 49.5 Å². The number of amides is 5. The minimum absolute atomic E-state index is 0.0214. The van der Waals surface area contributed by atoms with Gasteiger partial charge in [0.25, 0.3) is 0 Å². The van der Waals surface area contributed by atoms with Gasteiger partial charge in [0.05, 0.1) is 34.0 Å². The number of nitrogens with two attached hydrogens (primary N) is 1. The van der Waals surface area contributed by atoms with Gasteiger partial charge in [-0.3, -0.25) is 24.5 Å². The molecule has 2 fully saturated rings. The van der Waals surface area contributed by atoms with Crippen LogP contribution in [0.15, 0.2) is 91.5 Å². The number of nitrogens with zero attached hydrogens (tertiary/aromatic N) is 9. The van der Waals surface area contributed by atoms with Crippen molar-refractivity contribution in [2.45, 2.75) is 46.0 Å². The maximum atomic E-state index is 16.3. The topological polar surface area (TPSA) is 139 Å². The molecule has 2 atom stereocenters. The molecule has 3 aromatic carbocycles.